The summed E-state index contributed by atoms with van der Waals surface area (Å²) in [5.41, 5.74) is 0.865. The smallest absolute Gasteiger partial charge is 0.306 e. The van der Waals surface area contributed by atoms with Crippen molar-refractivity contribution in [1.29, 1.82) is 0 Å². The normalized spacial score (nSPS) is 13.7. The van der Waals surface area contributed by atoms with Crippen molar-refractivity contribution in [2.24, 2.45) is 11.8 Å². The predicted molar refractivity (Wildman–Crippen MR) is 518 cm³/mol. The van der Waals surface area contributed by atoms with Gasteiger partial charge < -0.3 is 84.5 Å². The van der Waals surface area contributed by atoms with Gasteiger partial charge in [0.2, 0.25) is 0 Å². The van der Waals surface area contributed by atoms with Gasteiger partial charge in [-0.1, -0.05) is 243 Å². The minimum atomic E-state index is -0.725. The highest BCUT2D eigenvalue weighted by Crippen LogP contribution is 2.23. The minimum Gasteiger partial charge on any atom is -0.497 e. The first-order valence-electron chi connectivity index (χ1n) is 43.2. The maximum atomic E-state index is 10.8. The van der Waals surface area contributed by atoms with Gasteiger partial charge in [-0.25, -0.2) is 0 Å². The number of carbonyl (C=O) groups excluding carboxylic acids is 6. The third kappa shape index (κ3) is 101. The molecule has 0 saturated heterocycles. The van der Waals surface area contributed by atoms with Crippen molar-refractivity contribution in [2.75, 3.05) is 27.4 Å². The molecule has 0 heterocycles. The number of benzene rings is 1. The summed E-state index contributed by atoms with van der Waals surface area (Å²) in [5.74, 6) is 63.2. The molecule has 0 aromatic heterocycles. The van der Waals surface area contributed by atoms with Gasteiger partial charge >= 0.3 is 5.97 Å². The number of rotatable bonds is 41. The van der Waals surface area contributed by atoms with Crippen LogP contribution in [0.25, 0.3) is 0 Å². The lowest BCUT2D eigenvalue weighted by molar-refractivity contribution is -0.140. The number of carbonyl (C=O) groups is 6. The van der Waals surface area contributed by atoms with E-state index < -0.39 is 61.0 Å². The van der Waals surface area contributed by atoms with Crippen LogP contribution in [0.4, 0.5) is 0 Å². The molecule has 692 valence electrons. The quantitative estimate of drug-likeness (QED) is 0.0126. The summed E-state index contributed by atoms with van der Waals surface area (Å²) in [4.78, 5) is 64.3. The van der Waals surface area contributed by atoms with Gasteiger partial charge in [-0.15, -0.1) is 42.4 Å². The standard InChI is InChI=1S/C23H26O4.C22H30O3.C19H26O3.C17H22O3.C15H18O3.C14H16O3/c1-19(24)9-7-13-21(25)11-5-3-4-6-12-22(26)14-8-10-20-15-17-23(27-2)18-16-20;1-19(23)11-9-17-21(24)15-7-2-3-8-16-22(25)18-10-14-20-12-5-4-6-13-20;1-16(2)10-8-14-18(21)12-6-4-5-7-13-19(22)15-9-11-17(3)20;1-3-4-11-16(19)12-7-5-6-8-13-17(20)14-9-10-15(2)18;1-3-10-15(17)11-8-6-4-5-7-9-12-18-13-14(2)16;1-3-10-13(15)11-8-6-4-5-7-9-12-14(16)17-2/h3-4,6,12,15-18,21-22,25-26H,7,9,13-14H2,1-2H3;2-3,8,16,20-22,24-25H,4-6,9,11-13,17-18H2,1H3;4-6,12,16,18-19,21-22H,9,11,14-15H2,1-3H3;5-7,12,16-17,19-20H,9-11,14H2,1-2H3;1,4,6,8,11,15,17H,9-10,12-13H2,2H3;1,4,6,8,11,13,15H,9-10,12H2,2H3/b4-3+,12-6+;3-2+,16-8+;5-4+,12-6+;6-5+,12-7+;2*6-4+,11-8+/t2*21-,22+;18-,19+;16-,17-;15-;13-/m110111/s1. The monoisotopic (exact) mass is 1760 g/mol. The highest BCUT2D eigenvalue weighted by atomic mass is 16.5. The number of Topliss-reactive ketones (excluding diaryl/α,β-unsaturated/α-hetero) is 5. The fraction of sp³-hybridized carbons (Fsp3) is 0.455. The lowest BCUT2D eigenvalue weighted by atomic mass is 9.90. The number of ketones is 5. The highest BCUT2D eigenvalue weighted by molar-refractivity contribution is 5.77. The van der Waals surface area contributed by atoms with Crippen LogP contribution in [0.2, 0.25) is 0 Å². The molecule has 1 saturated carbocycles. The molecule has 129 heavy (non-hydrogen) atoms. The Hall–Kier alpha value is -12.0. The molecule has 1 aliphatic carbocycles. The summed E-state index contributed by atoms with van der Waals surface area (Å²) in [5, 5.41) is 95.5. The minimum absolute atomic E-state index is 0.0125. The Balaban J connectivity index is -0.000000732. The Morgan fingerprint density at radius 1 is 0.403 bits per heavy atom. The van der Waals surface area contributed by atoms with E-state index in [-0.39, 0.29) is 41.5 Å². The Morgan fingerprint density at radius 3 is 1.08 bits per heavy atom. The zero-order valence-corrected chi connectivity index (χ0v) is 77.2. The first kappa shape index (κ1) is 123. The van der Waals surface area contributed by atoms with E-state index in [0.29, 0.717) is 153 Å². The molecule has 1 aromatic carbocycles. The summed E-state index contributed by atoms with van der Waals surface area (Å²) < 4.78 is 14.6. The van der Waals surface area contributed by atoms with Gasteiger partial charge in [0.25, 0.3) is 0 Å². The first-order chi connectivity index (χ1) is 61.9. The molecule has 0 amide bonds. The van der Waals surface area contributed by atoms with Gasteiger partial charge in [-0.05, 0) is 166 Å². The van der Waals surface area contributed by atoms with Crippen LogP contribution in [0.15, 0.2) is 170 Å². The van der Waals surface area contributed by atoms with Gasteiger partial charge in [0.05, 0.1) is 63.9 Å². The van der Waals surface area contributed by atoms with Crippen LogP contribution in [0.1, 0.15) is 228 Å². The van der Waals surface area contributed by atoms with E-state index in [1.807, 2.05) is 38.1 Å². The molecule has 0 radical (unpaired) electrons. The average molecular weight is 1760 g/mol. The molecule has 1 aliphatic rings. The van der Waals surface area contributed by atoms with E-state index in [9.17, 15) is 79.8 Å². The summed E-state index contributed by atoms with van der Waals surface area (Å²) in [6.07, 6.45) is 60.0. The number of terminal acetylenes is 2. The molecule has 0 aliphatic heterocycles. The Morgan fingerprint density at radius 2 is 0.744 bits per heavy atom. The number of aliphatic hydroxyl groups excluding tert-OH is 10. The second kappa shape index (κ2) is 92.2. The molecule has 10 atom stereocenters. The molecule has 0 spiro atoms. The van der Waals surface area contributed by atoms with Gasteiger partial charge in [0.15, 0.2) is 5.78 Å². The number of esters is 1. The third-order valence-corrected chi connectivity index (χ3v) is 16.0. The van der Waals surface area contributed by atoms with Gasteiger partial charge in [-0.3, -0.25) is 9.59 Å². The number of allylic oxidation sites excluding steroid dienone is 18. The molecule has 19 nitrogen and oxygen atoms in total. The predicted octanol–water partition coefficient (Wildman–Crippen LogP) is 14.1. The second-order valence-corrected chi connectivity index (χ2v) is 28.9. The molecule has 19 heteroatoms. The number of hydrogen-bond donors (Lipinski definition) is 10. The Labute approximate surface area is 771 Å². The summed E-state index contributed by atoms with van der Waals surface area (Å²) in [7, 11) is 2.96. The molecular weight excluding hydrogens is 1630 g/mol. The zero-order valence-electron chi connectivity index (χ0n) is 77.2. The number of methoxy groups -OCH3 is 2. The second-order valence-electron chi connectivity index (χ2n) is 28.9. The van der Waals surface area contributed by atoms with Crippen LogP contribution >= 0.6 is 0 Å². The van der Waals surface area contributed by atoms with Crippen LogP contribution in [-0.4, -0.2) is 174 Å². The molecule has 0 unspecified atom stereocenters. The van der Waals surface area contributed by atoms with Crippen molar-refractivity contribution in [3.05, 3.63) is 176 Å². The highest BCUT2D eigenvalue weighted by Gasteiger charge is 2.11. The molecule has 2 rings (SSSR count). The molecule has 1 aromatic rings. The van der Waals surface area contributed by atoms with Crippen LogP contribution in [0.5, 0.6) is 5.75 Å². The van der Waals surface area contributed by atoms with E-state index in [1.54, 1.807) is 167 Å². The van der Waals surface area contributed by atoms with E-state index in [0.717, 1.165) is 11.3 Å². The van der Waals surface area contributed by atoms with Crippen molar-refractivity contribution in [3.8, 4) is 149 Å². The van der Waals surface area contributed by atoms with Crippen molar-refractivity contribution in [3.63, 3.8) is 0 Å². The van der Waals surface area contributed by atoms with Crippen LogP contribution in [-0.2, 0) is 38.2 Å². The Kier molecular flexibility index (Phi) is 88.1. The SMILES string of the molecule is C#CC[C@@H](O)/C=C/C=C/C#CCCC(=O)OC.C#CC[C@@H](O)/C=C/C=C/C#CCCOCC(C)=O.CC#CC[C@@H](O)/C=C/C=C/C#C[C@@H](O)CCCC(C)=O.CC(=O)CCC[C@H](O)C#C/C=C/C=C/[C@H](O)CC#CC(C)C.CC(=O)CCC[C@H](O)C#C/C=C/C=C/[C@H](O)CC#CC1CCCCC1.COc1ccc(C#CC[C@@H](O)/C=C/C=C/C#C[C@@H](O)CCCC(C)=O)cc1. The Bertz CT molecular complexity index is 4480. The number of aliphatic hydroxyl groups is 10. The molecular formula is C110H138O19. The zero-order chi connectivity index (χ0) is 96.8. The topological polar surface area (TPSA) is 332 Å². The van der Waals surface area contributed by atoms with Gasteiger partial charge in [-0.2, -0.15) is 0 Å². The number of ether oxygens (including phenoxy) is 3. The van der Waals surface area contributed by atoms with E-state index >= 15 is 0 Å². The summed E-state index contributed by atoms with van der Waals surface area (Å²) >= 11 is 0. The van der Waals surface area contributed by atoms with Crippen molar-refractivity contribution < 1.29 is 94.0 Å². The van der Waals surface area contributed by atoms with E-state index in [4.69, 9.17) is 22.3 Å². The van der Waals surface area contributed by atoms with Crippen LogP contribution < -0.4 is 4.74 Å². The average Bonchev–Trinajstić information content (AvgIpc) is 0.889. The van der Waals surface area contributed by atoms with E-state index in [2.05, 4.69) is 135 Å². The number of hydrogen-bond acceptors (Lipinski definition) is 19. The maximum absolute atomic E-state index is 10.8. The van der Waals surface area contributed by atoms with Crippen molar-refractivity contribution >= 4 is 34.9 Å². The van der Waals surface area contributed by atoms with Gasteiger partial charge in [0, 0.05) is 94.4 Å². The lowest BCUT2D eigenvalue weighted by Crippen LogP contribution is -2.04. The molecule has 0 bridgehead atoms. The van der Waals surface area contributed by atoms with Crippen molar-refractivity contribution in [1.82, 2.24) is 0 Å². The fourth-order valence-electron chi connectivity index (χ4n) is 9.40. The maximum Gasteiger partial charge on any atom is 0.306 e. The summed E-state index contributed by atoms with van der Waals surface area (Å²) in [6.45, 7) is 14.0. The van der Waals surface area contributed by atoms with E-state index in [1.165, 1.54) is 66.9 Å². The largest absolute Gasteiger partial charge is 0.497 e. The van der Waals surface area contributed by atoms with Crippen LogP contribution in [0.3, 0.4) is 0 Å². The summed E-state index contributed by atoms with van der Waals surface area (Å²) in [6, 6.07) is 7.41. The van der Waals surface area contributed by atoms with Gasteiger partial charge in [0.1, 0.15) is 59.9 Å². The molecule has 1 fully saturated rings. The fourth-order valence-corrected chi connectivity index (χ4v) is 9.40. The first-order valence-corrected chi connectivity index (χ1v) is 43.2. The lowest BCUT2D eigenvalue weighted by Gasteiger charge is -2.15. The van der Waals surface area contributed by atoms with Crippen molar-refractivity contribution in [2.45, 2.75) is 283 Å². The molecule has 10 N–H and O–H groups in total. The third-order valence-electron chi connectivity index (χ3n) is 16.0. The van der Waals surface area contributed by atoms with Crippen LogP contribution in [0, 0.1) is 155 Å².